The van der Waals surface area contributed by atoms with Crippen molar-refractivity contribution >= 4 is 17.3 Å². The monoisotopic (exact) mass is 313 g/mol. The minimum Gasteiger partial charge on any atom is -0.258 e. The van der Waals surface area contributed by atoms with E-state index in [9.17, 15) is 18.9 Å². The van der Waals surface area contributed by atoms with Crippen molar-refractivity contribution in [2.75, 3.05) is 0 Å². The van der Waals surface area contributed by atoms with Gasteiger partial charge in [0.2, 0.25) is 5.82 Å². The van der Waals surface area contributed by atoms with Crippen LogP contribution in [0.1, 0.15) is 23.6 Å². The van der Waals surface area contributed by atoms with Crippen molar-refractivity contribution in [3.8, 4) is 11.4 Å². The number of hydrogen-bond donors (Lipinski definition) is 0. The quantitative estimate of drug-likeness (QED) is 0.489. The highest BCUT2D eigenvalue weighted by Gasteiger charge is 2.24. The molecule has 0 aliphatic carbocycles. The Morgan fingerprint density at radius 1 is 1.38 bits per heavy atom. The standard InChI is InChI=1S/C13H10ClF2N3O2/c1-6(14)8-5-17-13(18-7(8)2)11-9(15)3-4-10(12(11)16)19(20)21/h3-6H,1-2H3. The van der Waals surface area contributed by atoms with Gasteiger partial charge in [0.25, 0.3) is 0 Å². The summed E-state index contributed by atoms with van der Waals surface area (Å²) >= 11 is 5.92. The molecule has 0 N–H and O–H groups in total. The molecule has 0 bridgehead atoms. The topological polar surface area (TPSA) is 68.9 Å². The van der Waals surface area contributed by atoms with Crippen LogP contribution in [0, 0.1) is 28.7 Å². The Morgan fingerprint density at radius 2 is 2.05 bits per heavy atom. The molecule has 0 amide bonds. The van der Waals surface area contributed by atoms with E-state index in [-0.39, 0.29) is 11.2 Å². The van der Waals surface area contributed by atoms with E-state index in [4.69, 9.17) is 11.6 Å². The normalized spacial score (nSPS) is 12.2. The zero-order valence-corrected chi connectivity index (χ0v) is 11.9. The summed E-state index contributed by atoms with van der Waals surface area (Å²) in [4.78, 5) is 17.6. The van der Waals surface area contributed by atoms with E-state index in [1.165, 1.54) is 6.20 Å². The zero-order chi connectivity index (χ0) is 15.7. The van der Waals surface area contributed by atoms with Gasteiger partial charge in [-0.2, -0.15) is 4.39 Å². The van der Waals surface area contributed by atoms with E-state index < -0.39 is 27.8 Å². The first-order chi connectivity index (χ1) is 9.82. The number of nitrogens with zero attached hydrogens (tertiary/aromatic N) is 3. The second kappa shape index (κ2) is 5.69. The van der Waals surface area contributed by atoms with Crippen molar-refractivity contribution in [3.63, 3.8) is 0 Å². The van der Waals surface area contributed by atoms with Crippen LogP contribution in [-0.4, -0.2) is 14.9 Å². The lowest BCUT2D eigenvalue weighted by atomic mass is 10.1. The number of nitro groups is 1. The summed E-state index contributed by atoms with van der Waals surface area (Å²) < 4.78 is 27.9. The summed E-state index contributed by atoms with van der Waals surface area (Å²) in [5.74, 6) is -2.53. The Hall–Kier alpha value is -2.15. The van der Waals surface area contributed by atoms with Crippen molar-refractivity contribution in [2.45, 2.75) is 19.2 Å². The molecule has 0 spiro atoms. The van der Waals surface area contributed by atoms with Crippen LogP contribution in [0.5, 0.6) is 0 Å². The molecule has 1 aromatic carbocycles. The van der Waals surface area contributed by atoms with Crippen LogP contribution in [0.25, 0.3) is 11.4 Å². The average molecular weight is 314 g/mol. The molecule has 0 aliphatic heterocycles. The predicted octanol–water partition coefficient (Wildman–Crippen LogP) is 3.94. The molecule has 21 heavy (non-hydrogen) atoms. The van der Waals surface area contributed by atoms with Gasteiger partial charge >= 0.3 is 5.69 Å². The second-order valence-corrected chi connectivity index (χ2v) is 5.02. The number of aromatic nitrogens is 2. The van der Waals surface area contributed by atoms with Crippen LogP contribution in [0.4, 0.5) is 14.5 Å². The van der Waals surface area contributed by atoms with Gasteiger partial charge in [0, 0.05) is 23.5 Å². The average Bonchev–Trinajstić information content (AvgIpc) is 2.37. The van der Waals surface area contributed by atoms with E-state index in [2.05, 4.69) is 9.97 Å². The molecule has 0 radical (unpaired) electrons. The Kier molecular flexibility index (Phi) is 4.13. The number of rotatable bonds is 3. The van der Waals surface area contributed by atoms with E-state index in [1.54, 1.807) is 13.8 Å². The van der Waals surface area contributed by atoms with Crippen LogP contribution in [0.3, 0.4) is 0 Å². The molecule has 5 nitrogen and oxygen atoms in total. The fourth-order valence-corrected chi connectivity index (χ4v) is 2.09. The van der Waals surface area contributed by atoms with E-state index in [1.807, 2.05) is 0 Å². The molecule has 0 aliphatic rings. The smallest absolute Gasteiger partial charge is 0.258 e. The summed E-state index contributed by atoms with van der Waals surface area (Å²) in [6.45, 7) is 3.33. The number of halogens is 3. The molecule has 1 aromatic heterocycles. The highest BCUT2D eigenvalue weighted by molar-refractivity contribution is 6.20. The van der Waals surface area contributed by atoms with Gasteiger partial charge in [0.05, 0.1) is 15.9 Å². The highest BCUT2D eigenvalue weighted by atomic mass is 35.5. The Morgan fingerprint density at radius 3 is 2.57 bits per heavy atom. The molecule has 0 saturated heterocycles. The summed E-state index contributed by atoms with van der Waals surface area (Å²) in [7, 11) is 0. The van der Waals surface area contributed by atoms with Crippen molar-refractivity contribution in [3.05, 3.63) is 51.3 Å². The van der Waals surface area contributed by atoms with Gasteiger partial charge in [0.1, 0.15) is 5.82 Å². The van der Waals surface area contributed by atoms with Crippen molar-refractivity contribution in [1.82, 2.24) is 9.97 Å². The molecule has 1 unspecified atom stereocenters. The predicted molar refractivity (Wildman–Crippen MR) is 73.0 cm³/mol. The third kappa shape index (κ3) is 2.82. The molecular weight excluding hydrogens is 304 g/mol. The van der Waals surface area contributed by atoms with Gasteiger partial charge in [-0.25, -0.2) is 14.4 Å². The van der Waals surface area contributed by atoms with Gasteiger partial charge in [0.15, 0.2) is 5.82 Å². The second-order valence-electron chi connectivity index (χ2n) is 4.36. The van der Waals surface area contributed by atoms with E-state index in [0.717, 1.165) is 12.1 Å². The van der Waals surface area contributed by atoms with Gasteiger partial charge < -0.3 is 0 Å². The molecule has 2 aromatic rings. The van der Waals surface area contributed by atoms with Crippen molar-refractivity contribution in [1.29, 1.82) is 0 Å². The molecule has 0 saturated carbocycles. The molecule has 110 valence electrons. The van der Waals surface area contributed by atoms with Gasteiger partial charge in [-0.15, -0.1) is 11.6 Å². The first-order valence-electron chi connectivity index (χ1n) is 5.93. The van der Waals surface area contributed by atoms with Crippen molar-refractivity contribution < 1.29 is 13.7 Å². The summed E-state index contributed by atoms with van der Waals surface area (Å²) in [6.07, 6.45) is 1.35. The molecule has 2 rings (SSSR count). The fourth-order valence-electron chi connectivity index (χ4n) is 1.87. The third-order valence-electron chi connectivity index (χ3n) is 2.94. The van der Waals surface area contributed by atoms with Crippen molar-refractivity contribution in [2.24, 2.45) is 0 Å². The molecular formula is C13H10ClF2N3O2. The minimum atomic E-state index is -1.30. The van der Waals surface area contributed by atoms with Crippen LogP contribution < -0.4 is 0 Å². The first kappa shape index (κ1) is 15.2. The maximum Gasteiger partial charge on any atom is 0.305 e. The largest absolute Gasteiger partial charge is 0.305 e. The Balaban J connectivity index is 2.64. The third-order valence-corrected chi connectivity index (χ3v) is 3.17. The Bertz CT molecular complexity index is 723. The summed E-state index contributed by atoms with van der Waals surface area (Å²) in [5.41, 5.74) is -0.386. The van der Waals surface area contributed by atoms with Gasteiger partial charge in [-0.1, -0.05) is 0 Å². The number of aryl methyl sites for hydroxylation is 1. The maximum absolute atomic E-state index is 14.1. The maximum atomic E-state index is 14.1. The fraction of sp³-hybridized carbons (Fsp3) is 0.231. The van der Waals surface area contributed by atoms with Gasteiger partial charge in [-0.3, -0.25) is 10.1 Å². The number of alkyl halides is 1. The lowest BCUT2D eigenvalue weighted by Crippen LogP contribution is -2.03. The van der Waals surface area contributed by atoms with E-state index in [0.29, 0.717) is 11.3 Å². The summed E-state index contributed by atoms with van der Waals surface area (Å²) in [6, 6.07) is 1.57. The molecule has 1 atom stereocenters. The SMILES string of the molecule is Cc1nc(-c2c(F)ccc([N+](=O)[O-])c2F)ncc1C(C)Cl. The molecule has 0 fully saturated rings. The number of hydrogen-bond acceptors (Lipinski definition) is 4. The van der Waals surface area contributed by atoms with Gasteiger partial charge in [-0.05, 0) is 19.9 Å². The highest BCUT2D eigenvalue weighted by Crippen LogP contribution is 2.31. The minimum absolute atomic E-state index is 0.257. The van der Waals surface area contributed by atoms with E-state index >= 15 is 0 Å². The first-order valence-corrected chi connectivity index (χ1v) is 6.37. The van der Waals surface area contributed by atoms with Crippen LogP contribution in [-0.2, 0) is 0 Å². The number of benzene rings is 1. The lowest BCUT2D eigenvalue weighted by Gasteiger charge is -2.09. The molecule has 1 heterocycles. The number of nitro benzene ring substituents is 1. The lowest BCUT2D eigenvalue weighted by molar-refractivity contribution is -0.387. The van der Waals surface area contributed by atoms with Crippen LogP contribution in [0.2, 0.25) is 0 Å². The summed E-state index contributed by atoms with van der Waals surface area (Å²) in [5, 5.41) is 10.3. The zero-order valence-electron chi connectivity index (χ0n) is 11.1. The molecule has 8 heteroatoms. The Labute approximate surface area is 123 Å². The van der Waals surface area contributed by atoms with Crippen LogP contribution in [0.15, 0.2) is 18.3 Å². The van der Waals surface area contributed by atoms with Crippen LogP contribution >= 0.6 is 11.6 Å².